The minimum absolute atomic E-state index is 0.313. The monoisotopic (exact) mass is 386 g/mol. The first kappa shape index (κ1) is 18.2. The zero-order valence-corrected chi connectivity index (χ0v) is 15.7. The van der Waals surface area contributed by atoms with E-state index in [1.165, 1.54) is 18.0 Å². The Balaban J connectivity index is 1.73. The summed E-state index contributed by atoms with van der Waals surface area (Å²) in [5, 5.41) is 6.73. The molecule has 2 aromatic carbocycles. The van der Waals surface area contributed by atoms with Gasteiger partial charge in [-0.15, -0.1) is 0 Å². The Morgan fingerprint density at radius 3 is 2.46 bits per heavy atom. The molecule has 1 aromatic heterocycles. The number of aryl methyl sites for hydroxylation is 1. The van der Waals surface area contributed by atoms with Crippen molar-refractivity contribution in [3.05, 3.63) is 75.5 Å². The molecule has 0 radical (unpaired) electrons. The summed E-state index contributed by atoms with van der Waals surface area (Å²) in [6.45, 7) is 4.06. The molecule has 3 aromatic rings. The number of aromatic nitrogens is 2. The zero-order chi connectivity index (χ0) is 18.7. The molecule has 7 heteroatoms. The number of anilines is 3. The number of halogens is 2. The maximum Gasteiger partial charge on any atom is 0.258 e. The third-order valence-electron chi connectivity index (χ3n) is 3.94. The fourth-order valence-electron chi connectivity index (χ4n) is 2.30. The third kappa shape index (κ3) is 4.12. The van der Waals surface area contributed by atoms with E-state index in [-0.39, 0.29) is 5.91 Å². The van der Waals surface area contributed by atoms with E-state index in [1.54, 1.807) is 18.2 Å². The van der Waals surface area contributed by atoms with Gasteiger partial charge in [-0.2, -0.15) is 0 Å². The second-order valence-corrected chi connectivity index (χ2v) is 6.59. The quantitative estimate of drug-likeness (QED) is 0.629. The SMILES string of the molecule is Cc1cccc(Nc2ncc(C(=O)Nc3cc(Cl)ccc3Cl)cn2)c1C. The number of carbonyl (C=O) groups is 1. The van der Waals surface area contributed by atoms with E-state index in [0.717, 1.165) is 11.3 Å². The lowest BCUT2D eigenvalue weighted by Crippen LogP contribution is -2.13. The molecular formula is C19H16Cl2N4O. The van der Waals surface area contributed by atoms with Gasteiger partial charge in [0.1, 0.15) is 0 Å². The van der Waals surface area contributed by atoms with Crippen LogP contribution in [0.5, 0.6) is 0 Å². The number of benzene rings is 2. The van der Waals surface area contributed by atoms with Gasteiger partial charge in [0.2, 0.25) is 5.95 Å². The molecule has 5 nitrogen and oxygen atoms in total. The standard InChI is InChI=1S/C19H16Cl2N4O/c1-11-4-3-5-16(12(11)2)25-19-22-9-13(10-23-19)18(26)24-17-8-14(20)6-7-15(17)21/h3-10H,1-2H3,(H,24,26)(H,22,23,25). The predicted molar refractivity (Wildman–Crippen MR) is 106 cm³/mol. The van der Waals surface area contributed by atoms with Gasteiger partial charge in [0.25, 0.3) is 5.91 Å². The summed E-state index contributed by atoms with van der Waals surface area (Å²) < 4.78 is 0. The maximum atomic E-state index is 12.3. The van der Waals surface area contributed by atoms with E-state index in [0.29, 0.717) is 27.2 Å². The number of carbonyl (C=O) groups excluding carboxylic acids is 1. The van der Waals surface area contributed by atoms with Gasteiger partial charge in [0.05, 0.1) is 16.3 Å². The molecule has 0 fully saturated rings. The van der Waals surface area contributed by atoms with Gasteiger partial charge in [0, 0.05) is 23.1 Å². The highest BCUT2D eigenvalue weighted by Crippen LogP contribution is 2.26. The Morgan fingerprint density at radius 1 is 1.00 bits per heavy atom. The summed E-state index contributed by atoms with van der Waals surface area (Å²) in [6, 6.07) is 10.8. The fraction of sp³-hybridized carbons (Fsp3) is 0.105. The van der Waals surface area contributed by atoms with E-state index in [1.807, 2.05) is 32.0 Å². The number of hydrogen-bond acceptors (Lipinski definition) is 4. The van der Waals surface area contributed by atoms with Crippen LogP contribution in [0.2, 0.25) is 10.0 Å². The maximum absolute atomic E-state index is 12.3. The number of nitrogens with zero attached hydrogens (tertiary/aromatic N) is 2. The molecule has 3 rings (SSSR count). The van der Waals surface area contributed by atoms with Crippen LogP contribution >= 0.6 is 23.2 Å². The number of rotatable bonds is 4. The summed E-state index contributed by atoms with van der Waals surface area (Å²) in [5.74, 6) is 0.0449. The Kier molecular flexibility index (Phi) is 5.40. The van der Waals surface area contributed by atoms with Crippen LogP contribution < -0.4 is 10.6 Å². The lowest BCUT2D eigenvalue weighted by atomic mass is 10.1. The molecule has 0 saturated heterocycles. The second-order valence-electron chi connectivity index (χ2n) is 5.75. The topological polar surface area (TPSA) is 66.9 Å². The molecule has 0 aliphatic heterocycles. The van der Waals surface area contributed by atoms with E-state index in [4.69, 9.17) is 23.2 Å². The first-order valence-electron chi connectivity index (χ1n) is 7.86. The van der Waals surface area contributed by atoms with Crippen LogP contribution in [0.4, 0.5) is 17.3 Å². The van der Waals surface area contributed by atoms with Crippen molar-refractivity contribution in [2.75, 3.05) is 10.6 Å². The molecule has 0 atom stereocenters. The second kappa shape index (κ2) is 7.72. The minimum atomic E-state index is -0.368. The van der Waals surface area contributed by atoms with Crippen molar-refractivity contribution in [1.29, 1.82) is 0 Å². The highest BCUT2D eigenvalue weighted by atomic mass is 35.5. The van der Waals surface area contributed by atoms with Gasteiger partial charge in [-0.05, 0) is 49.2 Å². The lowest BCUT2D eigenvalue weighted by Gasteiger charge is -2.10. The van der Waals surface area contributed by atoms with Crippen molar-refractivity contribution in [1.82, 2.24) is 9.97 Å². The summed E-state index contributed by atoms with van der Waals surface area (Å²) >= 11 is 12.0. The van der Waals surface area contributed by atoms with Gasteiger partial charge in [0.15, 0.2) is 0 Å². The Labute approximate surface area is 161 Å². The highest BCUT2D eigenvalue weighted by Gasteiger charge is 2.11. The summed E-state index contributed by atoms with van der Waals surface area (Å²) in [5.41, 5.74) is 3.96. The van der Waals surface area contributed by atoms with Crippen LogP contribution in [-0.4, -0.2) is 15.9 Å². The number of amides is 1. The summed E-state index contributed by atoms with van der Waals surface area (Å²) in [6.07, 6.45) is 2.91. The molecule has 1 amide bonds. The van der Waals surface area contributed by atoms with E-state index >= 15 is 0 Å². The van der Waals surface area contributed by atoms with Gasteiger partial charge >= 0.3 is 0 Å². The van der Waals surface area contributed by atoms with Gasteiger partial charge < -0.3 is 10.6 Å². The fourth-order valence-corrected chi connectivity index (χ4v) is 2.64. The van der Waals surface area contributed by atoms with Crippen LogP contribution in [0.25, 0.3) is 0 Å². The molecule has 0 saturated carbocycles. The van der Waals surface area contributed by atoms with Crippen molar-refractivity contribution in [2.24, 2.45) is 0 Å². The van der Waals surface area contributed by atoms with Gasteiger partial charge in [-0.25, -0.2) is 9.97 Å². The van der Waals surface area contributed by atoms with Gasteiger partial charge in [-0.3, -0.25) is 4.79 Å². The number of nitrogens with one attached hydrogen (secondary N) is 2. The van der Waals surface area contributed by atoms with E-state index < -0.39 is 0 Å². The molecule has 0 aliphatic carbocycles. The first-order valence-corrected chi connectivity index (χ1v) is 8.61. The molecule has 1 heterocycles. The Hall–Kier alpha value is -2.63. The van der Waals surface area contributed by atoms with Crippen molar-refractivity contribution in [2.45, 2.75) is 13.8 Å². The smallest absolute Gasteiger partial charge is 0.258 e. The van der Waals surface area contributed by atoms with Crippen molar-refractivity contribution < 1.29 is 4.79 Å². The lowest BCUT2D eigenvalue weighted by molar-refractivity contribution is 0.102. The van der Waals surface area contributed by atoms with E-state index in [9.17, 15) is 4.79 Å². The zero-order valence-electron chi connectivity index (χ0n) is 14.2. The third-order valence-corrected chi connectivity index (χ3v) is 4.51. The largest absolute Gasteiger partial charge is 0.324 e. The molecule has 132 valence electrons. The summed E-state index contributed by atoms with van der Waals surface area (Å²) in [4.78, 5) is 20.7. The van der Waals surface area contributed by atoms with Crippen LogP contribution in [-0.2, 0) is 0 Å². The molecular weight excluding hydrogens is 371 g/mol. The van der Waals surface area contributed by atoms with Crippen LogP contribution in [0.15, 0.2) is 48.8 Å². The van der Waals surface area contributed by atoms with Crippen LogP contribution in [0, 0.1) is 13.8 Å². The normalized spacial score (nSPS) is 10.5. The molecule has 0 spiro atoms. The minimum Gasteiger partial charge on any atom is -0.324 e. The molecule has 26 heavy (non-hydrogen) atoms. The number of hydrogen-bond donors (Lipinski definition) is 2. The Bertz CT molecular complexity index is 958. The van der Waals surface area contributed by atoms with Gasteiger partial charge in [-0.1, -0.05) is 35.3 Å². The van der Waals surface area contributed by atoms with Crippen LogP contribution in [0.1, 0.15) is 21.5 Å². The van der Waals surface area contributed by atoms with Crippen molar-refractivity contribution in [3.8, 4) is 0 Å². The molecule has 0 bridgehead atoms. The van der Waals surface area contributed by atoms with Crippen molar-refractivity contribution in [3.63, 3.8) is 0 Å². The highest BCUT2D eigenvalue weighted by molar-refractivity contribution is 6.35. The average Bonchev–Trinajstić information content (AvgIpc) is 2.62. The Morgan fingerprint density at radius 2 is 1.73 bits per heavy atom. The molecule has 0 unspecified atom stereocenters. The summed E-state index contributed by atoms with van der Waals surface area (Å²) in [7, 11) is 0. The predicted octanol–water partition coefficient (Wildman–Crippen LogP) is 5.40. The molecule has 0 aliphatic rings. The van der Waals surface area contributed by atoms with Crippen molar-refractivity contribution >= 4 is 46.4 Å². The average molecular weight is 387 g/mol. The van der Waals surface area contributed by atoms with E-state index in [2.05, 4.69) is 20.6 Å². The van der Waals surface area contributed by atoms with Crippen LogP contribution in [0.3, 0.4) is 0 Å². The molecule has 2 N–H and O–H groups in total. The first-order chi connectivity index (χ1) is 12.4.